The number of amides is 1. The van der Waals surface area contributed by atoms with Crippen LogP contribution in [0, 0.1) is 6.92 Å². The van der Waals surface area contributed by atoms with Gasteiger partial charge in [0, 0.05) is 11.2 Å². The maximum atomic E-state index is 12.7. The number of rotatable bonds is 5. The largest absolute Gasteiger partial charge is 0.449 e. The molecular weight excluding hydrogens is 472 g/mol. The van der Waals surface area contributed by atoms with Gasteiger partial charge in [0.2, 0.25) is 0 Å². The molecule has 32 heavy (non-hydrogen) atoms. The molecule has 168 valence electrons. The number of halogens is 5. The number of ether oxygens (including phenoxy) is 1. The fourth-order valence-corrected chi connectivity index (χ4v) is 2.96. The zero-order chi connectivity index (χ0) is 23.6. The number of pyridine rings is 1. The molecule has 0 aliphatic carbocycles. The molecule has 7 nitrogen and oxygen atoms in total. The summed E-state index contributed by atoms with van der Waals surface area (Å²) in [4.78, 5) is 28.6. The third kappa shape index (κ3) is 5.20. The van der Waals surface area contributed by atoms with Crippen molar-refractivity contribution in [1.82, 2.24) is 14.8 Å². The van der Waals surface area contributed by atoms with Crippen LogP contribution in [-0.2, 0) is 15.7 Å². The second kappa shape index (κ2) is 9.17. The highest BCUT2D eigenvalue weighted by Crippen LogP contribution is 2.29. The van der Waals surface area contributed by atoms with Crippen LogP contribution in [0.15, 0.2) is 42.7 Å². The lowest BCUT2D eigenvalue weighted by Gasteiger charge is -2.14. The van der Waals surface area contributed by atoms with E-state index >= 15 is 0 Å². The van der Waals surface area contributed by atoms with Crippen molar-refractivity contribution in [2.45, 2.75) is 26.1 Å². The van der Waals surface area contributed by atoms with Gasteiger partial charge in [0.1, 0.15) is 5.56 Å². The summed E-state index contributed by atoms with van der Waals surface area (Å²) in [5.41, 5.74) is -0.366. The number of nitrogens with one attached hydrogen (secondary N) is 1. The van der Waals surface area contributed by atoms with Gasteiger partial charge in [-0.25, -0.2) is 14.5 Å². The number of hydrogen-bond donors (Lipinski definition) is 1. The van der Waals surface area contributed by atoms with Gasteiger partial charge in [0.25, 0.3) is 5.91 Å². The van der Waals surface area contributed by atoms with Crippen LogP contribution in [0.1, 0.15) is 28.5 Å². The molecule has 0 aliphatic rings. The van der Waals surface area contributed by atoms with E-state index in [-0.39, 0.29) is 27.8 Å². The van der Waals surface area contributed by atoms with Crippen molar-refractivity contribution in [3.05, 3.63) is 69.6 Å². The first kappa shape index (κ1) is 23.6. The minimum Gasteiger partial charge on any atom is -0.449 e. The molecular formula is C20H15Cl2F3N4O3. The molecule has 1 N–H and O–H groups in total. The Morgan fingerprint density at radius 2 is 1.88 bits per heavy atom. The van der Waals surface area contributed by atoms with Crippen molar-refractivity contribution < 1.29 is 27.5 Å². The zero-order valence-electron chi connectivity index (χ0n) is 16.6. The molecule has 1 amide bonds. The zero-order valence-corrected chi connectivity index (χ0v) is 18.1. The SMILES string of the molecule is Cc1c(C(=O)OC(C)C(=O)Nc2cc(Cl)ccc2Cl)cnn1-c1ccc(C(F)(F)F)cn1. The number of esters is 1. The van der Waals surface area contributed by atoms with Crippen LogP contribution in [0.5, 0.6) is 0 Å². The highest BCUT2D eigenvalue weighted by atomic mass is 35.5. The van der Waals surface area contributed by atoms with Crippen molar-refractivity contribution in [2.24, 2.45) is 0 Å². The molecule has 12 heteroatoms. The lowest BCUT2D eigenvalue weighted by molar-refractivity contribution is -0.137. The van der Waals surface area contributed by atoms with E-state index in [0.717, 1.165) is 12.1 Å². The first-order valence-corrected chi connectivity index (χ1v) is 9.78. The van der Waals surface area contributed by atoms with E-state index in [9.17, 15) is 22.8 Å². The van der Waals surface area contributed by atoms with Gasteiger partial charge >= 0.3 is 12.1 Å². The molecule has 0 aliphatic heterocycles. The molecule has 3 aromatic rings. The van der Waals surface area contributed by atoms with Gasteiger partial charge in [-0.1, -0.05) is 23.2 Å². The average molecular weight is 487 g/mol. The standard InChI is InChI=1S/C20H15Cl2F3N4O3/c1-10-14(9-27-29(10)17-6-3-12(8-26-17)20(23,24)25)19(31)32-11(2)18(30)28-16-7-13(21)4-5-15(16)22/h3-9,11H,1-2H3,(H,28,30). The van der Waals surface area contributed by atoms with E-state index in [4.69, 9.17) is 27.9 Å². The minimum absolute atomic E-state index is 0.0205. The van der Waals surface area contributed by atoms with Gasteiger partial charge in [0.15, 0.2) is 11.9 Å². The summed E-state index contributed by atoms with van der Waals surface area (Å²) in [6.45, 7) is 2.88. The third-order valence-corrected chi connectivity index (χ3v) is 4.93. The lowest BCUT2D eigenvalue weighted by atomic mass is 10.2. The fraction of sp³-hybridized carbons (Fsp3) is 0.200. The topological polar surface area (TPSA) is 86.1 Å². The molecule has 0 bridgehead atoms. The smallest absolute Gasteiger partial charge is 0.417 e. The molecule has 2 aromatic heterocycles. The molecule has 0 spiro atoms. The summed E-state index contributed by atoms with van der Waals surface area (Å²) in [6.07, 6.45) is -3.87. The number of aromatic nitrogens is 3. The number of carbonyl (C=O) groups excluding carboxylic acids is 2. The van der Waals surface area contributed by atoms with Gasteiger partial charge in [0.05, 0.1) is 28.2 Å². The average Bonchev–Trinajstić information content (AvgIpc) is 3.11. The molecule has 1 aromatic carbocycles. The first-order valence-electron chi connectivity index (χ1n) is 9.02. The van der Waals surface area contributed by atoms with Crippen molar-refractivity contribution in [2.75, 3.05) is 5.32 Å². The number of alkyl halides is 3. The van der Waals surface area contributed by atoms with Crippen molar-refractivity contribution in [1.29, 1.82) is 0 Å². The van der Waals surface area contributed by atoms with Gasteiger partial charge in [-0.15, -0.1) is 0 Å². The van der Waals surface area contributed by atoms with Crippen molar-refractivity contribution in [3.63, 3.8) is 0 Å². The molecule has 2 heterocycles. The van der Waals surface area contributed by atoms with E-state index in [2.05, 4.69) is 15.4 Å². The third-order valence-electron chi connectivity index (χ3n) is 4.36. The fourth-order valence-electron chi connectivity index (χ4n) is 2.63. The van der Waals surface area contributed by atoms with Crippen LogP contribution in [-0.4, -0.2) is 32.7 Å². The van der Waals surface area contributed by atoms with Crippen LogP contribution in [0.2, 0.25) is 10.0 Å². The van der Waals surface area contributed by atoms with Crippen LogP contribution in [0.3, 0.4) is 0 Å². The van der Waals surface area contributed by atoms with Gasteiger partial charge in [-0.05, 0) is 44.2 Å². The summed E-state index contributed by atoms with van der Waals surface area (Å²) >= 11 is 11.9. The van der Waals surface area contributed by atoms with E-state index in [0.29, 0.717) is 11.2 Å². The van der Waals surface area contributed by atoms with Crippen LogP contribution >= 0.6 is 23.2 Å². The number of hydrogen-bond acceptors (Lipinski definition) is 5. The van der Waals surface area contributed by atoms with E-state index < -0.39 is 29.7 Å². The normalized spacial score (nSPS) is 12.3. The van der Waals surface area contributed by atoms with E-state index in [1.807, 2.05) is 0 Å². The predicted octanol–water partition coefficient (Wildman–Crippen LogP) is 5.09. The quantitative estimate of drug-likeness (QED) is 0.507. The highest BCUT2D eigenvalue weighted by Gasteiger charge is 2.31. The highest BCUT2D eigenvalue weighted by molar-refractivity contribution is 6.35. The van der Waals surface area contributed by atoms with Crippen LogP contribution < -0.4 is 5.32 Å². The second-order valence-corrected chi connectivity index (χ2v) is 7.46. The van der Waals surface area contributed by atoms with Crippen LogP contribution in [0.4, 0.5) is 18.9 Å². The Balaban J connectivity index is 1.71. The van der Waals surface area contributed by atoms with Crippen molar-refractivity contribution in [3.8, 4) is 5.82 Å². The molecule has 1 unspecified atom stereocenters. The Morgan fingerprint density at radius 3 is 2.50 bits per heavy atom. The summed E-state index contributed by atoms with van der Waals surface area (Å²) in [6, 6.07) is 6.48. The summed E-state index contributed by atoms with van der Waals surface area (Å²) in [5.74, 6) is -1.41. The van der Waals surface area contributed by atoms with Gasteiger partial charge in [-0.3, -0.25) is 4.79 Å². The lowest BCUT2D eigenvalue weighted by Crippen LogP contribution is -2.30. The molecule has 3 rings (SSSR count). The molecule has 0 saturated carbocycles. The van der Waals surface area contributed by atoms with Gasteiger partial charge < -0.3 is 10.1 Å². The van der Waals surface area contributed by atoms with E-state index in [1.165, 1.54) is 36.9 Å². The number of nitrogens with zero attached hydrogens (tertiary/aromatic N) is 3. The molecule has 0 saturated heterocycles. The maximum Gasteiger partial charge on any atom is 0.417 e. The maximum absolute atomic E-state index is 12.7. The second-order valence-electron chi connectivity index (χ2n) is 6.62. The Morgan fingerprint density at radius 1 is 1.16 bits per heavy atom. The molecule has 1 atom stereocenters. The van der Waals surface area contributed by atoms with Crippen LogP contribution in [0.25, 0.3) is 5.82 Å². The Bertz CT molecular complexity index is 1160. The Labute approximate surface area is 190 Å². The summed E-state index contributed by atoms with van der Waals surface area (Å²) < 4.78 is 44.5. The summed E-state index contributed by atoms with van der Waals surface area (Å²) in [5, 5.41) is 7.10. The summed E-state index contributed by atoms with van der Waals surface area (Å²) in [7, 11) is 0. The molecule has 0 radical (unpaired) electrons. The number of carbonyl (C=O) groups is 2. The Kier molecular flexibility index (Phi) is 6.75. The Hall–Kier alpha value is -3.11. The number of anilines is 1. The van der Waals surface area contributed by atoms with Crippen molar-refractivity contribution >= 4 is 40.8 Å². The number of benzene rings is 1. The van der Waals surface area contributed by atoms with Gasteiger partial charge in [-0.2, -0.15) is 18.3 Å². The monoisotopic (exact) mass is 486 g/mol. The molecule has 0 fully saturated rings. The minimum atomic E-state index is -4.52. The predicted molar refractivity (Wildman–Crippen MR) is 111 cm³/mol. The first-order chi connectivity index (χ1) is 15.0. The van der Waals surface area contributed by atoms with E-state index in [1.54, 1.807) is 6.07 Å².